The van der Waals surface area contributed by atoms with Gasteiger partial charge in [0.1, 0.15) is 0 Å². The Kier molecular flexibility index (Phi) is 9.24. The molecule has 0 unspecified atom stereocenters. The Balaban J connectivity index is 3.34. The van der Waals surface area contributed by atoms with Crippen LogP contribution in [0.5, 0.6) is 0 Å². The molecular formula is C12H18. The van der Waals surface area contributed by atoms with Gasteiger partial charge in [-0.2, -0.15) is 0 Å². The van der Waals surface area contributed by atoms with Crippen LogP contribution >= 0.6 is 0 Å². The predicted octanol–water partition coefficient (Wildman–Crippen LogP) is 3.70. The summed E-state index contributed by atoms with van der Waals surface area (Å²) >= 11 is 0. The summed E-state index contributed by atoms with van der Waals surface area (Å²) in [5, 5.41) is 0. The van der Waals surface area contributed by atoms with Gasteiger partial charge in [0.2, 0.25) is 0 Å². The van der Waals surface area contributed by atoms with E-state index >= 15 is 0 Å². The molecule has 0 aromatic heterocycles. The smallest absolute Gasteiger partial charge is 0.0269 e. The van der Waals surface area contributed by atoms with E-state index in [9.17, 15) is 0 Å². The van der Waals surface area contributed by atoms with Crippen LogP contribution in [0.3, 0.4) is 0 Å². The molecular weight excluding hydrogens is 144 g/mol. The molecule has 0 N–H and O–H groups in total. The zero-order valence-corrected chi connectivity index (χ0v) is 8.14. The highest BCUT2D eigenvalue weighted by molar-refractivity contribution is 5.07. The highest BCUT2D eigenvalue weighted by Crippen LogP contribution is 1.86. The van der Waals surface area contributed by atoms with Crippen molar-refractivity contribution < 1.29 is 0 Å². The maximum Gasteiger partial charge on any atom is 0.0269 e. The summed E-state index contributed by atoms with van der Waals surface area (Å²) in [5.74, 6) is 6.18. The van der Waals surface area contributed by atoms with Crippen molar-refractivity contribution in [2.45, 2.75) is 39.5 Å². The van der Waals surface area contributed by atoms with E-state index in [2.05, 4.69) is 50.0 Å². The first kappa shape index (κ1) is 11.0. The first-order valence-corrected chi connectivity index (χ1v) is 4.67. The fraction of sp³-hybridized carbons (Fsp3) is 0.500. The molecule has 0 aromatic carbocycles. The molecule has 0 saturated carbocycles. The van der Waals surface area contributed by atoms with Gasteiger partial charge >= 0.3 is 0 Å². The predicted molar refractivity (Wildman–Crippen MR) is 55.9 cm³/mol. The molecule has 0 spiro atoms. The second-order valence-electron chi connectivity index (χ2n) is 2.52. The van der Waals surface area contributed by atoms with E-state index in [1.807, 2.05) is 0 Å². The molecule has 0 bridgehead atoms. The number of hydrogen-bond acceptors (Lipinski definition) is 0. The van der Waals surface area contributed by atoms with Gasteiger partial charge in [-0.05, 0) is 12.8 Å². The lowest BCUT2D eigenvalue weighted by atomic mass is 10.3. The van der Waals surface area contributed by atoms with Crippen LogP contribution in [0.2, 0.25) is 0 Å². The van der Waals surface area contributed by atoms with Crippen LogP contribution in [0, 0.1) is 11.8 Å². The lowest BCUT2D eigenvalue weighted by Crippen LogP contribution is -1.62. The van der Waals surface area contributed by atoms with Crippen LogP contribution < -0.4 is 0 Å². The second-order valence-corrected chi connectivity index (χ2v) is 2.52. The molecule has 0 aliphatic carbocycles. The van der Waals surface area contributed by atoms with Crippen molar-refractivity contribution >= 4 is 0 Å². The molecule has 0 aliphatic rings. The fourth-order valence-electron chi connectivity index (χ4n) is 0.762. The molecule has 0 amide bonds. The summed E-state index contributed by atoms with van der Waals surface area (Å²) in [4.78, 5) is 0. The van der Waals surface area contributed by atoms with Gasteiger partial charge in [-0.15, -0.1) is 0 Å². The molecule has 66 valence electrons. The Morgan fingerprint density at radius 1 is 0.750 bits per heavy atom. The standard InChI is InChI=1S/C12H18/c1-3-5-7-9-11-12-10-8-6-4-2/h5-8H,3-4,9-10H2,1-2H3/b7-5-,8-6-. The second kappa shape index (κ2) is 10.0. The first-order chi connectivity index (χ1) is 5.91. The van der Waals surface area contributed by atoms with Crippen LogP contribution in [-0.2, 0) is 0 Å². The molecule has 0 saturated heterocycles. The van der Waals surface area contributed by atoms with Crippen molar-refractivity contribution in [1.82, 2.24) is 0 Å². The van der Waals surface area contributed by atoms with E-state index in [1.54, 1.807) is 0 Å². The van der Waals surface area contributed by atoms with Crippen molar-refractivity contribution in [2.75, 3.05) is 0 Å². The third kappa shape index (κ3) is 9.04. The quantitative estimate of drug-likeness (QED) is 0.437. The van der Waals surface area contributed by atoms with E-state index in [4.69, 9.17) is 0 Å². The van der Waals surface area contributed by atoms with Crippen LogP contribution in [0.1, 0.15) is 39.5 Å². The molecule has 0 heterocycles. The summed E-state index contributed by atoms with van der Waals surface area (Å²) in [6.45, 7) is 4.27. The minimum atomic E-state index is 0.897. The van der Waals surface area contributed by atoms with E-state index < -0.39 is 0 Å². The average molecular weight is 162 g/mol. The lowest BCUT2D eigenvalue weighted by molar-refractivity contribution is 1.20. The fourth-order valence-corrected chi connectivity index (χ4v) is 0.762. The molecule has 0 radical (unpaired) electrons. The molecule has 0 rings (SSSR count). The average Bonchev–Trinajstić information content (AvgIpc) is 2.10. The summed E-state index contributed by atoms with van der Waals surface area (Å²) in [7, 11) is 0. The van der Waals surface area contributed by atoms with Gasteiger partial charge < -0.3 is 0 Å². The minimum Gasteiger partial charge on any atom is -0.0988 e. The maximum absolute atomic E-state index is 3.09. The largest absolute Gasteiger partial charge is 0.0988 e. The van der Waals surface area contributed by atoms with Gasteiger partial charge in [0.05, 0.1) is 0 Å². The molecule has 0 atom stereocenters. The zero-order valence-electron chi connectivity index (χ0n) is 8.14. The Labute approximate surface area is 76.4 Å². The lowest BCUT2D eigenvalue weighted by Gasteiger charge is -1.78. The van der Waals surface area contributed by atoms with Crippen LogP contribution in [0.25, 0.3) is 0 Å². The summed E-state index contributed by atoms with van der Waals surface area (Å²) < 4.78 is 0. The maximum atomic E-state index is 3.09. The normalized spacial score (nSPS) is 10.5. The summed E-state index contributed by atoms with van der Waals surface area (Å²) in [5.41, 5.74) is 0. The van der Waals surface area contributed by atoms with Crippen molar-refractivity contribution in [2.24, 2.45) is 0 Å². The highest BCUT2D eigenvalue weighted by atomic mass is 13.8. The van der Waals surface area contributed by atoms with E-state index in [1.165, 1.54) is 0 Å². The van der Waals surface area contributed by atoms with Crippen molar-refractivity contribution in [3.63, 3.8) is 0 Å². The summed E-state index contributed by atoms with van der Waals surface area (Å²) in [6.07, 6.45) is 12.6. The van der Waals surface area contributed by atoms with Gasteiger partial charge in [0.15, 0.2) is 0 Å². The Morgan fingerprint density at radius 2 is 1.17 bits per heavy atom. The number of hydrogen-bond donors (Lipinski definition) is 0. The number of allylic oxidation sites excluding steroid dienone is 4. The monoisotopic (exact) mass is 162 g/mol. The third-order valence-corrected chi connectivity index (χ3v) is 1.37. The van der Waals surface area contributed by atoms with Gasteiger partial charge in [-0.25, -0.2) is 0 Å². The van der Waals surface area contributed by atoms with Crippen molar-refractivity contribution in [3.8, 4) is 11.8 Å². The van der Waals surface area contributed by atoms with Crippen LogP contribution in [0.4, 0.5) is 0 Å². The van der Waals surface area contributed by atoms with Gasteiger partial charge in [-0.3, -0.25) is 0 Å². The van der Waals surface area contributed by atoms with E-state index in [-0.39, 0.29) is 0 Å². The van der Waals surface area contributed by atoms with Gasteiger partial charge in [0, 0.05) is 12.8 Å². The SMILES string of the molecule is CC/C=C\CC#CC/C=C\CC. The van der Waals surface area contributed by atoms with Gasteiger partial charge in [0.25, 0.3) is 0 Å². The molecule has 0 heteroatoms. The topological polar surface area (TPSA) is 0 Å². The molecule has 0 nitrogen and oxygen atoms in total. The Bertz CT molecular complexity index is 166. The van der Waals surface area contributed by atoms with E-state index in [0.29, 0.717) is 0 Å². The Hall–Kier alpha value is -0.960. The first-order valence-electron chi connectivity index (χ1n) is 4.67. The molecule has 12 heavy (non-hydrogen) atoms. The third-order valence-electron chi connectivity index (χ3n) is 1.37. The molecule has 0 aromatic rings. The highest BCUT2D eigenvalue weighted by Gasteiger charge is 1.69. The molecule has 0 aliphatic heterocycles. The summed E-state index contributed by atoms with van der Waals surface area (Å²) in [6, 6.07) is 0. The Morgan fingerprint density at radius 3 is 1.50 bits per heavy atom. The van der Waals surface area contributed by atoms with Crippen molar-refractivity contribution in [1.29, 1.82) is 0 Å². The van der Waals surface area contributed by atoms with Gasteiger partial charge in [-0.1, -0.05) is 50.0 Å². The molecule has 0 fully saturated rings. The minimum absolute atomic E-state index is 0.897. The number of rotatable bonds is 4. The van der Waals surface area contributed by atoms with Crippen LogP contribution in [0.15, 0.2) is 24.3 Å². The van der Waals surface area contributed by atoms with Crippen molar-refractivity contribution in [3.05, 3.63) is 24.3 Å². The van der Waals surface area contributed by atoms with Crippen LogP contribution in [-0.4, -0.2) is 0 Å². The van der Waals surface area contributed by atoms with E-state index in [0.717, 1.165) is 25.7 Å². The zero-order chi connectivity index (χ0) is 9.07.